The predicted octanol–water partition coefficient (Wildman–Crippen LogP) is 5.49. The number of anilines is 1. The number of nitrogens with zero attached hydrogens (tertiary/aromatic N) is 6. The zero-order chi connectivity index (χ0) is 25.6. The van der Waals surface area contributed by atoms with Crippen molar-refractivity contribution in [2.45, 2.75) is 55.5 Å². The third kappa shape index (κ3) is 4.11. The fourth-order valence-corrected chi connectivity index (χ4v) is 7.20. The van der Waals surface area contributed by atoms with Crippen LogP contribution in [0.1, 0.15) is 50.3 Å². The van der Waals surface area contributed by atoms with Gasteiger partial charge in [0, 0.05) is 28.5 Å². The number of aryl methyl sites for hydroxylation is 1. The Bertz CT molecular complexity index is 1450. The average Bonchev–Trinajstić information content (AvgIpc) is 3.42. The van der Waals surface area contributed by atoms with Crippen molar-refractivity contribution in [2.24, 2.45) is 5.73 Å². The summed E-state index contributed by atoms with van der Waals surface area (Å²) in [5.74, 6) is -0.469. The van der Waals surface area contributed by atoms with Crippen molar-refractivity contribution in [1.82, 2.24) is 20.0 Å². The molecule has 11 heteroatoms. The minimum absolute atomic E-state index is 0.0179. The van der Waals surface area contributed by atoms with Gasteiger partial charge in [-0.15, -0.1) is 10.2 Å². The van der Waals surface area contributed by atoms with Crippen LogP contribution in [0.4, 0.5) is 5.13 Å². The number of carbonyl (C=O) groups is 1. The van der Waals surface area contributed by atoms with Crippen LogP contribution in [0.2, 0.25) is 5.15 Å². The van der Waals surface area contributed by atoms with Gasteiger partial charge in [-0.3, -0.25) is 9.69 Å². The number of hydrogen-bond donors (Lipinski definition) is 1. The molecular formula is C25H24ClN7OS2. The van der Waals surface area contributed by atoms with Crippen LogP contribution in [0.3, 0.4) is 0 Å². The van der Waals surface area contributed by atoms with Crippen LogP contribution >= 0.6 is 34.7 Å². The minimum atomic E-state index is -0.698. The van der Waals surface area contributed by atoms with E-state index in [1.807, 2.05) is 37.3 Å². The van der Waals surface area contributed by atoms with Crippen LogP contribution in [-0.2, 0) is 4.79 Å². The summed E-state index contributed by atoms with van der Waals surface area (Å²) in [6.07, 6.45) is 1.72. The molecule has 0 amide bonds. The average molecular weight is 538 g/mol. The number of thioether (sulfide) groups is 1. The number of nitrogens with two attached hydrogens (primary N) is 1. The molecule has 0 saturated carbocycles. The normalized spacial score (nSPS) is 18.2. The van der Waals surface area contributed by atoms with Crippen LogP contribution in [0.5, 0.6) is 0 Å². The largest absolute Gasteiger partial charge is 0.384 e. The van der Waals surface area contributed by atoms with E-state index >= 15 is 0 Å². The summed E-state index contributed by atoms with van der Waals surface area (Å²) in [5.41, 5.74) is 10.3. The molecule has 1 atom stereocenters. The second kappa shape index (κ2) is 9.73. The second-order valence-corrected chi connectivity index (χ2v) is 12.0. The molecule has 0 bridgehead atoms. The molecule has 5 rings (SSSR count). The smallest absolute Gasteiger partial charge is 0.219 e. The van der Waals surface area contributed by atoms with Gasteiger partial charge in [-0.1, -0.05) is 66.7 Å². The Kier molecular flexibility index (Phi) is 6.64. The van der Waals surface area contributed by atoms with Crippen molar-refractivity contribution in [3.63, 3.8) is 0 Å². The Morgan fingerprint density at radius 2 is 2.00 bits per heavy atom. The third-order valence-electron chi connectivity index (χ3n) is 6.17. The van der Waals surface area contributed by atoms with Gasteiger partial charge in [0.1, 0.15) is 11.0 Å². The maximum Gasteiger partial charge on any atom is 0.219 e. The number of hydrogen-bond acceptors (Lipinski definition) is 9. The maximum atomic E-state index is 13.4. The first-order valence-electron chi connectivity index (χ1n) is 11.6. The molecular weight excluding hydrogens is 514 g/mol. The van der Waals surface area contributed by atoms with E-state index in [0.29, 0.717) is 51.6 Å². The molecule has 0 unspecified atom stereocenters. The van der Waals surface area contributed by atoms with Gasteiger partial charge >= 0.3 is 0 Å². The summed E-state index contributed by atoms with van der Waals surface area (Å²) in [6, 6.07) is 11.8. The topological polar surface area (TPSA) is 114 Å². The lowest BCUT2D eigenvalue weighted by Crippen LogP contribution is -2.38. The van der Waals surface area contributed by atoms with Gasteiger partial charge in [0.05, 0.1) is 28.9 Å². The molecule has 2 N–H and O–H groups in total. The summed E-state index contributed by atoms with van der Waals surface area (Å²) < 4.78 is 2.44. The van der Waals surface area contributed by atoms with Crippen LogP contribution in [0, 0.1) is 18.3 Å². The Labute approximate surface area is 222 Å². The molecule has 3 heterocycles. The van der Waals surface area contributed by atoms with Gasteiger partial charge in [0.25, 0.3) is 0 Å². The molecule has 0 radical (unpaired) electrons. The van der Waals surface area contributed by atoms with Gasteiger partial charge in [-0.2, -0.15) is 10.4 Å². The Balaban J connectivity index is 1.70. The van der Waals surface area contributed by atoms with Crippen molar-refractivity contribution in [3.05, 3.63) is 69.4 Å². The highest BCUT2D eigenvalue weighted by molar-refractivity contribution is 8.01. The van der Waals surface area contributed by atoms with Crippen molar-refractivity contribution in [3.8, 4) is 11.8 Å². The molecule has 0 saturated heterocycles. The molecule has 3 aromatic rings. The summed E-state index contributed by atoms with van der Waals surface area (Å²) in [4.78, 5) is 15.2. The van der Waals surface area contributed by atoms with E-state index < -0.39 is 5.92 Å². The van der Waals surface area contributed by atoms with E-state index in [2.05, 4.69) is 35.2 Å². The molecule has 1 aromatic carbocycles. The highest BCUT2D eigenvalue weighted by atomic mass is 35.5. The van der Waals surface area contributed by atoms with E-state index in [-0.39, 0.29) is 17.2 Å². The van der Waals surface area contributed by atoms with Crippen LogP contribution in [0.15, 0.2) is 57.3 Å². The number of rotatable bonds is 5. The SMILES string of the molecule is Cc1nn(-c2ccccc2)c(Cl)c1[C@H]1C(C#N)=C(N)N(c2nnc(SC(C)C)s2)C2=C1C(=O)CCC2. The van der Waals surface area contributed by atoms with Crippen molar-refractivity contribution in [1.29, 1.82) is 5.26 Å². The molecule has 0 spiro atoms. The molecule has 0 fully saturated rings. The maximum absolute atomic E-state index is 13.4. The number of ketones is 1. The number of carbonyl (C=O) groups excluding carboxylic acids is 1. The Morgan fingerprint density at radius 3 is 2.69 bits per heavy atom. The Hall–Kier alpha value is -3.13. The monoisotopic (exact) mass is 537 g/mol. The fourth-order valence-electron chi connectivity index (χ4n) is 4.72. The predicted molar refractivity (Wildman–Crippen MR) is 142 cm³/mol. The summed E-state index contributed by atoms with van der Waals surface area (Å²) in [5, 5.41) is 24.9. The van der Waals surface area contributed by atoms with Gasteiger partial charge in [-0.25, -0.2) is 4.68 Å². The van der Waals surface area contributed by atoms with Gasteiger partial charge in [0.15, 0.2) is 10.1 Å². The van der Waals surface area contributed by atoms with Crippen molar-refractivity contribution < 1.29 is 4.79 Å². The Morgan fingerprint density at radius 1 is 1.25 bits per heavy atom. The molecule has 8 nitrogen and oxygen atoms in total. The highest BCUT2D eigenvalue weighted by Gasteiger charge is 2.43. The molecule has 1 aliphatic carbocycles. The third-order valence-corrected chi connectivity index (χ3v) is 8.53. The molecule has 36 heavy (non-hydrogen) atoms. The second-order valence-electron chi connectivity index (χ2n) is 8.87. The number of aromatic nitrogens is 4. The first-order valence-corrected chi connectivity index (χ1v) is 13.7. The van der Waals surface area contributed by atoms with Crippen LogP contribution < -0.4 is 10.6 Å². The molecule has 1 aliphatic heterocycles. The van der Waals surface area contributed by atoms with Gasteiger partial charge in [-0.05, 0) is 31.9 Å². The number of allylic oxidation sites excluding steroid dienone is 3. The van der Waals surface area contributed by atoms with Crippen LogP contribution in [0.25, 0.3) is 5.69 Å². The van der Waals surface area contributed by atoms with E-state index in [0.717, 1.165) is 15.7 Å². The number of Topliss-reactive ketones (excluding diaryl/α,β-unsaturated/α-hetero) is 1. The van der Waals surface area contributed by atoms with Crippen LogP contribution in [-0.4, -0.2) is 31.0 Å². The molecule has 2 aromatic heterocycles. The molecule has 184 valence electrons. The quantitative estimate of drug-likeness (QED) is 0.425. The number of halogens is 1. The summed E-state index contributed by atoms with van der Waals surface area (Å²) >= 11 is 9.92. The van der Waals surface area contributed by atoms with E-state index in [9.17, 15) is 10.1 Å². The van der Waals surface area contributed by atoms with Gasteiger partial charge in [0.2, 0.25) is 5.13 Å². The summed E-state index contributed by atoms with van der Waals surface area (Å²) in [7, 11) is 0. The van der Waals surface area contributed by atoms with E-state index in [1.165, 1.54) is 11.3 Å². The fraction of sp³-hybridized carbons (Fsp3) is 0.320. The van der Waals surface area contributed by atoms with E-state index in [1.54, 1.807) is 21.3 Å². The lowest BCUT2D eigenvalue weighted by atomic mass is 9.76. The first-order chi connectivity index (χ1) is 17.3. The van der Waals surface area contributed by atoms with Crippen molar-refractivity contribution >= 4 is 45.6 Å². The standard InChI is InChI=1S/C25H24ClN7OS2/c1-13(2)35-25-30-29-24(36-25)32-17-10-7-11-18(34)21(17)20(16(12-27)23(32)28)19-14(3)31-33(22(19)26)15-8-5-4-6-9-15/h4-6,8-9,13,20H,7,10-11,28H2,1-3H3/t20-/m1/s1. The van der Waals surface area contributed by atoms with Crippen molar-refractivity contribution in [2.75, 3.05) is 4.90 Å². The number of nitriles is 1. The minimum Gasteiger partial charge on any atom is -0.384 e. The lowest BCUT2D eigenvalue weighted by molar-refractivity contribution is -0.116. The van der Waals surface area contributed by atoms with E-state index in [4.69, 9.17) is 17.3 Å². The zero-order valence-corrected chi connectivity index (χ0v) is 22.4. The highest BCUT2D eigenvalue weighted by Crippen LogP contribution is 2.49. The number of para-hydroxylation sites is 1. The zero-order valence-electron chi connectivity index (χ0n) is 20.0. The van der Waals surface area contributed by atoms with Gasteiger partial charge < -0.3 is 5.73 Å². The first kappa shape index (κ1) is 24.6. The lowest BCUT2D eigenvalue weighted by Gasteiger charge is -2.38. The summed E-state index contributed by atoms with van der Waals surface area (Å²) in [6.45, 7) is 6.01. The molecule has 2 aliphatic rings. The number of benzene rings is 1.